The molecule has 0 unspecified atom stereocenters. The second kappa shape index (κ2) is 4.79. The molecule has 0 atom stereocenters. The number of carboxylic acid groups (broad SMARTS) is 2. The van der Waals surface area contributed by atoms with E-state index < -0.39 is 11.9 Å². The lowest BCUT2D eigenvalue weighted by Crippen LogP contribution is -2.03. The van der Waals surface area contributed by atoms with Crippen molar-refractivity contribution < 1.29 is 24.2 Å². The molecule has 3 rings (SSSR count). The maximum absolute atomic E-state index is 11.2. The lowest BCUT2D eigenvalue weighted by atomic mass is 9.97. The van der Waals surface area contributed by atoms with Crippen LogP contribution in [0.4, 0.5) is 0 Å². The highest BCUT2D eigenvalue weighted by atomic mass is 16.4. The zero-order valence-corrected chi connectivity index (χ0v) is 10.7. The van der Waals surface area contributed by atoms with Gasteiger partial charge in [0.2, 0.25) is 0 Å². The van der Waals surface area contributed by atoms with E-state index in [9.17, 15) is 9.59 Å². The Morgan fingerprint density at radius 1 is 0.905 bits per heavy atom. The molecule has 0 aliphatic carbocycles. The van der Waals surface area contributed by atoms with Crippen LogP contribution in [0, 0.1) is 0 Å². The van der Waals surface area contributed by atoms with Gasteiger partial charge in [0.1, 0.15) is 5.58 Å². The molecule has 0 bridgehead atoms. The second-order valence-electron chi connectivity index (χ2n) is 4.55. The van der Waals surface area contributed by atoms with Gasteiger partial charge in [-0.05, 0) is 41.5 Å². The Morgan fingerprint density at radius 2 is 1.57 bits per heavy atom. The number of carboxylic acids is 2. The first-order chi connectivity index (χ1) is 10.1. The SMILES string of the molecule is O=C(O)c1cc(C(=O)O)cc(-c2cccc3occc23)c1. The first-order valence-electron chi connectivity index (χ1n) is 6.14. The molecule has 0 radical (unpaired) electrons. The molecule has 0 spiro atoms. The highest BCUT2D eigenvalue weighted by Gasteiger charge is 2.14. The van der Waals surface area contributed by atoms with Crippen LogP contribution in [0.5, 0.6) is 0 Å². The van der Waals surface area contributed by atoms with E-state index in [0.29, 0.717) is 11.1 Å². The largest absolute Gasteiger partial charge is 0.478 e. The summed E-state index contributed by atoms with van der Waals surface area (Å²) in [6.45, 7) is 0. The summed E-state index contributed by atoms with van der Waals surface area (Å²) in [4.78, 5) is 22.3. The summed E-state index contributed by atoms with van der Waals surface area (Å²) in [6, 6.07) is 11.2. The molecular formula is C16H10O5. The van der Waals surface area contributed by atoms with Crippen molar-refractivity contribution in [2.24, 2.45) is 0 Å². The molecule has 21 heavy (non-hydrogen) atoms. The Kier molecular flexibility index (Phi) is 2.95. The fraction of sp³-hybridized carbons (Fsp3) is 0. The van der Waals surface area contributed by atoms with Crippen molar-refractivity contribution in [1.82, 2.24) is 0 Å². The first kappa shape index (κ1) is 12.9. The van der Waals surface area contributed by atoms with Gasteiger partial charge in [0.15, 0.2) is 0 Å². The molecule has 5 nitrogen and oxygen atoms in total. The standard InChI is InChI=1S/C16H10O5/c17-15(18)10-6-9(7-11(8-10)16(19)20)12-2-1-3-14-13(12)4-5-21-14/h1-8H,(H,17,18)(H,19,20). The number of furan rings is 1. The third kappa shape index (κ3) is 2.25. The van der Waals surface area contributed by atoms with Crippen LogP contribution in [0.25, 0.3) is 22.1 Å². The summed E-state index contributed by atoms with van der Waals surface area (Å²) in [5, 5.41) is 19.1. The van der Waals surface area contributed by atoms with E-state index in [-0.39, 0.29) is 11.1 Å². The van der Waals surface area contributed by atoms with Crippen molar-refractivity contribution in [1.29, 1.82) is 0 Å². The minimum absolute atomic E-state index is 0.0644. The number of benzene rings is 2. The van der Waals surface area contributed by atoms with Crippen LogP contribution in [0.1, 0.15) is 20.7 Å². The summed E-state index contributed by atoms with van der Waals surface area (Å²) in [7, 11) is 0. The summed E-state index contributed by atoms with van der Waals surface area (Å²) >= 11 is 0. The normalized spacial score (nSPS) is 10.7. The van der Waals surface area contributed by atoms with Crippen LogP contribution >= 0.6 is 0 Å². The molecule has 2 N–H and O–H groups in total. The smallest absolute Gasteiger partial charge is 0.335 e. The monoisotopic (exact) mass is 282 g/mol. The summed E-state index contributed by atoms with van der Waals surface area (Å²) < 4.78 is 5.30. The zero-order chi connectivity index (χ0) is 15.0. The van der Waals surface area contributed by atoms with Gasteiger partial charge in [0.25, 0.3) is 0 Å². The summed E-state index contributed by atoms with van der Waals surface area (Å²) in [5.74, 6) is -2.34. The average Bonchev–Trinajstić information content (AvgIpc) is 2.94. The van der Waals surface area contributed by atoms with E-state index in [1.165, 1.54) is 18.4 Å². The van der Waals surface area contributed by atoms with Crippen molar-refractivity contribution in [3.05, 3.63) is 59.9 Å². The average molecular weight is 282 g/mol. The number of hydrogen-bond acceptors (Lipinski definition) is 3. The molecule has 3 aromatic rings. The predicted molar refractivity (Wildman–Crippen MR) is 75.6 cm³/mol. The van der Waals surface area contributed by atoms with Crippen molar-refractivity contribution >= 4 is 22.9 Å². The Balaban J connectivity index is 2.28. The number of carbonyl (C=O) groups is 2. The molecule has 5 heteroatoms. The van der Waals surface area contributed by atoms with Crippen molar-refractivity contribution in [3.63, 3.8) is 0 Å². The van der Waals surface area contributed by atoms with E-state index in [2.05, 4.69) is 0 Å². The van der Waals surface area contributed by atoms with E-state index in [0.717, 1.165) is 17.0 Å². The number of fused-ring (bicyclic) bond motifs is 1. The number of hydrogen-bond donors (Lipinski definition) is 2. The molecule has 0 amide bonds. The van der Waals surface area contributed by atoms with Crippen molar-refractivity contribution in [2.75, 3.05) is 0 Å². The molecule has 0 fully saturated rings. The lowest BCUT2D eigenvalue weighted by molar-refractivity contribution is 0.0696. The second-order valence-corrected chi connectivity index (χ2v) is 4.55. The van der Waals surface area contributed by atoms with Crippen LogP contribution < -0.4 is 0 Å². The fourth-order valence-electron chi connectivity index (χ4n) is 2.28. The molecule has 0 aliphatic heterocycles. The summed E-state index contributed by atoms with van der Waals surface area (Å²) in [6.07, 6.45) is 1.54. The third-order valence-electron chi connectivity index (χ3n) is 3.23. The fourth-order valence-corrected chi connectivity index (χ4v) is 2.28. The maximum Gasteiger partial charge on any atom is 0.335 e. The van der Waals surface area contributed by atoms with Gasteiger partial charge in [-0.25, -0.2) is 9.59 Å². The first-order valence-corrected chi connectivity index (χ1v) is 6.14. The Labute approximate surface area is 119 Å². The topological polar surface area (TPSA) is 87.7 Å². The highest BCUT2D eigenvalue weighted by molar-refractivity contribution is 6.00. The Hall–Kier alpha value is -3.08. The van der Waals surface area contributed by atoms with E-state index in [1.54, 1.807) is 24.3 Å². The molecule has 0 saturated carbocycles. The van der Waals surface area contributed by atoms with Crippen molar-refractivity contribution in [2.45, 2.75) is 0 Å². The van der Waals surface area contributed by atoms with Crippen molar-refractivity contribution in [3.8, 4) is 11.1 Å². The van der Waals surface area contributed by atoms with E-state index >= 15 is 0 Å². The van der Waals surface area contributed by atoms with Crippen LogP contribution in [0.3, 0.4) is 0 Å². The maximum atomic E-state index is 11.2. The highest BCUT2D eigenvalue weighted by Crippen LogP contribution is 2.30. The van der Waals surface area contributed by atoms with Gasteiger partial charge in [-0.3, -0.25) is 0 Å². The lowest BCUT2D eigenvalue weighted by Gasteiger charge is -2.07. The van der Waals surface area contributed by atoms with Gasteiger partial charge in [-0.2, -0.15) is 0 Å². The van der Waals surface area contributed by atoms with Gasteiger partial charge < -0.3 is 14.6 Å². The van der Waals surface area contributed by atoms with Gasteiger partial charge >= 0.3 is 11.9 Å². The number of rotatable bonds is 3. The van der Waals surface area contributed by atoms with Crippen LogP contribution in [-0.4, -0.2) is 22.2 Å². The Morgan fingerprint density at radius 3 is 2.19 bits per heavy atom. The van der Waals surface area contributed by atoms with Gasteiger partial charge in [0.05, 0.1) is 17.4 Å². The molecule has 0 saturated heterocycles. The molecular weight excluding hydrogens is 272 g/mol. The van der Waals surface area contributed by atoms with Crippen LogP contribution in [0.15, 0.2) is 53.1 Å². The minimum atomic E-state index is -1.17. The van der Waals surface area contributed by atoms with E-state index in [1.807, 2.05) is 0 Å². The van der Waals surface area contributed by atoms with Crippen LogP contribution in [0.2, 0.25) is 0 Å². The predicted octanol–water partition coefficient (Wildman–Crippen LogP) is 3.50. The van der Waals surface area contributed by atoms with Gasteiger partial charge in [-0.1, -0.05) is 12.1 Å². The minimum Gasteiger partial charge on any atom is -0.478 e. The van der Waals surface area contributed by atoms with Gasteiger partial charge in [0, 0.05) is 5.39 Å². The number of aromatic carboxylic acids is 2. The molecule has 104 valence electrons. The third-order valence-corrected chi connectivity index (χ3v) is 3.23. The Bertz CT molecular complexity index is 828. The molecule has 2 aromatic carbocycles. The van der Waals surface area contributed by atoms with Gasteiger partial charge in [-0.15, -0.1) is 0 Å². The quantitative estimate of drug-likeness (QED) is 0.767. The van der Waals surface area contributed by atoms with Crippen LogP contribution in [-0.2, 0) is 0 Å². The van der Waals surface area contributed by atoms with E-state index in [4.69, 9.17) is 14.6 Å². The zero-order valence-electron chi connectivity index (χ0n) is 10.7. The molecule has 0 aliphatic rings. The summed E-state index contributed by atoms with van der Waals surface area (Å²) in [5.41, 5.74) is 1.78. The molecule has 1 aromatic heterocycles. The molecule has 1 heterocycles.